The molecule has 1 saturated heterocycles. The molecule has 0 spiro atoms. The number of hydrogen-bond acceptors (Lipinski definition) is 4. The molecule has 1 aliphatic rings. The summed E-state index contributed by atoms with van der Waals surface area (Å²) in [7, 11) is -3.55. The number of aliphatic hydroxyl groups excluding tert-OH is 1. The van der Waals surface area contributed by atoms with E-state index < -0.39 is 15.6 Å². The van der Waals surface area contributed by atoms with Crippen LogP contribution in [0.4, 0.5) is 0 Å². The molecule has 7 heteroatoms. The maximum atomic E-state index is 12.0. The highest BCUT2D eigenvalue weighted by Gasteiger charge is 2.31. The van der Waals surface area contributed by atoms with Crippen LogP contribution in [0.1, 0.15) is 25.5 Å². The van der Waals surface area contributed by atoms with Gasteiger partial charge in [0, 0.05) is 25.0 Å². The van der Waals surface area contributed by atoms with Crippen LogP contribution in [-0.2, 0) is 21.4 Å². The van der Waals surface area contributed by atoms with Crippen LogP contribution in [0.25, 0.3) is 0 Å². The van der Waals surface area contributed by atoms with Gasteiger partial charge in [-0.1, -0.05) is 0 Å². The fourth-order valence-electron chi connectivity index (χ4n) is 1.97. The Morgan fingerprint density at radius 1 is 1.61 bits per heavy atom. The van der Waals surface area contributed by atoms with E-state index in [1.165, 1.54) is 12.3 Å². The number of nitrogens with one attached hydrogen (secondary N) is 2. The second-order valence-electron chi connectivity index (χ2n) is 4.75. The van der Waals surface area contributed by atoms with Gasteiger partial charge in [0.1, 0.15) is 0 Å². The van der Waals surface area contributed by atoms with E-state index in [4.69, 9.17) is 9.84 Å². The van der Waals surface area contributed by atoms with E-state index in [0.717, 1.165) is 12.8 Å². The average molecular weight is 274 g/mol. The largest absolute Gasteiger partial charge is 0.390 e. The number of ether oxygens (including phenoxy) is 1. The van der Waals surface area contributed by atoms with Crippen molar-refractivity contribution < 1.29 is 18.3 Å². The molecule has 102 valence electrons. The lowest BCUT2D eigenvalue weighted by Gasteiger charge is -2.23. The van der Waals surface area contributed by atoms with E-state index in [1.807, 2.05) is 6.92 Å². The predicted molar refractivity (Wildman–Crippen MR) is 65.5 cm³/mol. The monoisotopic (exact) mass is 274 g/mol. The van der Waals surface area contributed by atoms with Gasteiger partial charge in [-0.05, 0) is 25.8 Å². The molecule has 0 saturated carbocycles. The summed E-state index contributed by atoms with van der Waals surface area (Å²) in [5.41, 5.74) is 0.0575. The van der Waals surface area contributed by atoms with Crippen LogP contribution in [0.15, 0.2) is 17.2 Å². The highest BCUT2D eigenvalue weighted by atomic mass is 32.2. The number of H-pyrrole nitrogens is 1. The molecule has 0 aliphatic carbocycles. The number of aromatic nitrogens is 1. The first kappa shape index (κ1) is 13.5. The smallest absolute Gasteiger partial charge is 0.242 e. The van der Waals surface area contributed by atoms with Gasteiger partial charge in [0.2, 0.25) is 10.0 Å². The molecular formula is C11H18N2O4S. The minimum atomic E-state index is -3.55. The molecule has 1 unspecified atom stereocenters. The third-order valence-electron chi connectivity index (χ3n) is 3.13. The van der Waals surface area contributed by atoms with E-state index >= 15 is 0 Å². The molecule has 1 aromatic rings. The standard InChI is InChI=1S/C11H18N2O4S/c1-11(3-2-4-17-11)8-13-18(15,16)10-5-9(7-14)12-6-10/h5-6,12-14H,2-4,7-8H2,1H3. The summed E-state index contributed by atoms with van der Waals surface area (Å²) < 4.78 is 32.0. The lowest BCUT2D eigenvalue weighted by Crippen LogP contribution is -2.39. The summed E-state index contributed by atoms with van der Waals surface area (Å²) >= 11 is 0. The van der Waals surface area contributed by atoms with Crippen molar-refractivity contribution in [3.8, 4) is 0 Å². The third kappa shape index (κ3) is 2.92. The average Bonchev–Trinajstić information content (AvgIpc) is 2.96. The topological polar surface area (TPSA) is 91.4 Å². The van der Waals surface area contributed by atoms with Crippen molar-refractivity contribution in [1.29, 1.82) is 0 Å². The minimum Gasteiger partial charge on any atom is -0.390 e. The van der Waals surface area contributed by atoms with Crippen LogP contribution < -0.4 is 4.72 Å². The Kier molecular flexibility index (Phi) is 3.76. The van der Waals surface area contributed by atoms with Crippen molar-refractivity contribution >= 4 is 10.0 Å². The molecule has 6 nitrogen and oxygen atoms in total. The zero-order valence-corrected chi connectivity index (χ0v) is 11.1. The van der Waals surface area contributed by atoms with Crippen LogP contribution in [0, 0.1) is 0 Å². The van der Waals surface area contributed by atoms with Crippen molar-refractivity contribution in [1.82, 2.24) is 9.71 Å². The van der Waals surface area contributed by atoms with Crippen molar-refractivity contribution in [2.45, 2.75) is 36.9 Å². The van der Waals surface area contributed by atoms with Gasteiger partial charge < -0.3 is 14.8 Å². The summed E-state index contributed by atoms with van der Waals surface area (Å²) in [6.45, 7) is 2.63. The van der Waals surface area contributed by atoms with Crippen LogP contribution >= 0.6 is 0 Å². The van der Waals surface area contributed by atoms with Gasteiger partial charge >= 0.3 is 0 Å². The summed E-state index contributed by atoms with van der Waals surface area (Å²) in [5.74, 6) is 0. The molecule has 2 rings (SSSR count). The Labute approximate surface area is 106 Å². The third-order valence-corrected chi connectivity index (χ3v) is 4.51. The Balaban J connectivity index is 2.03. The normalized spacial score (nSPS) is 24.6. The van der Waals surface area contributed by atoms with Crippen LogP contribution in [-0.4, -0.2) is 37.3 Å². The SMILES string of the molecule is CC1(CNS(=O)(=O)c2c[nH]c(CO)c2)CCCO1. The first-order valence-electron chi connectivity index (χ1n) is 5.87. The lowest BCUT2D eigenvalue weighted by molar-refractivity contribution is 0.0250. The van der Waals surface area contributed by atoms with Gasteiger partial charge in [-0.2, -0.15) is 0 Å². The first-order valence-corrected chi connectivity index (χ1v) is 7.35. The molecule has 1 atom stereocenters. The Morgan fingerprint density at radius 3 is 2.94 bits per heavy atom. The van der Waals surface area contributed by atoms with Crippen molar-refractivity contribution in [2.75, 3.05) is 13.2 Å². The maximum Gasteiger partial charge on any atom is 0.242 e. The zero-order valence-electron chi connectivity index (χ0n) is 10.3. The molecule has 0 amide bonds. The van der Waals surface area contributed by atoms with E-state index in [9.17, 15) is 8.42 Å². The molecule has 1 aromatic heterocycles. The number of aliphatic hydroxyl groups is 1. The molecule has 0 bridgehead atoms. The van der Waals surface area contributed by atoms with Gasteiger partial charge in [0.05, 0.1) is 17.1 Å². The van der Waals surface area contributed by atoms with Gasteiger partial charge in [-0.3, -0.25) is 0 Å². The van der Waals surface area contributed by atoms with Crippen molar-refractivity contribution in [3.05, 3.63) is 18.0 Å². The Morgan fingerprint density at radius 2 is 2.39 bits per heavy atom. The highest BCUT2D eigenvalue weighted by Crippen LogP contribution is 2.24. The fraction of sp³-hybridized carbons (Fsp3) is 0.636. The second kappa shape index (κ2) is 5.00. The predicted octanol–water partition coefficient (Wildman–Crippen LogP) is 0.354. The van der Waals surface area contributed by atoms with Gasteiger partial charge in [-0.15, -0.1) is 0 Å². The zero-order chi connectivity index (χ0) is 13.2. The minimum absolute atomic E-state index is 0.133. The molecule has 18 heavy (non-hydrogen) atoms. The summed E-state index contributed by atoms with van der Waals surface area (Å²) in [4.78, 5) is 2.83. The van der Waals surface area contributed by atoms with E-state index in [0.29, 0.717) is 12.3 Å². The quantitative estimate of drug-likeness (QED) is 0.722. The van der Waals surface area contributed by atoms with Gasteiger partial charge in [-0.25, -0.2) is 13.1 Å². The molecule has 2 heterocycles. The Hall–Kier alpha value is -0.890. The van der Waals surface area contributed by atoms with Gasteiger partial charge in [0.15, 0.2) is 0 Å². The van der Waals surface area contributed by atoms with Crippen LogP contribution in [0.3, 0.4) is 0 Å². The molecular weight excluding hydrogens is 256 g/mol. The molecule has 0 radical (unpaired) electrons. The Bertz CT molecular complexity index is 503. The molecule has 1 aliphatic heterocycles. The summed E-state index contributed by atoms with van der Waals surface area (Å²) in [6, 6.07) is 1.42. The van der Waals surface area contributed by atoms with E-state index in [2.05, 4.69) is 9.71 Å². The van der Waals surface area contributed by atoms with E-state index in [1.54, 1.807) is 0 Å². The van der Waals surface area contributed by atoms with Crippen LogP contribution in [0.2, 0.25) is 0 Å². The fourth-order valence-corrected chi connectivity index (χ4v) is 3.15. The lowest BCUT2D eigenvalue weighted by atomic mass is 10.0. The second-order valence-corrected chi connectivity index (χ2v) is 6.51. The maximum absolute atomic E-state index is 12.0. The number of rotatable bonds is 5. The van der Waals surface area contributed by atoms with Crippen molar-refractivity contribution in [3.63, 3.8) is 0 Å². The van der Waals surface area contributed by atoms with E-state index in [-0.39, 0.29) is 18.0 Å². The van der Waals surface area contributed by atoms with Gasteiger partial charge in [0.25, 0.3) is 0 Å². The first-order chi connectivity index (χ1) is 8.45. The number of hydrogen-bond donors (Lipinski definition) is 3. The number of sulfonamides is 1. The van der Waals surface area contributed by atoms with Crippen molar-refractivity contribution in [2.24, 2.45) is 0 Å². The molecule has 3 N–H and O–H groups in total. The summed E-state index contributed by atoms with van der Waals surface area (Å²) in [5, 5.41) is 8.89. The summed E-state index contributed by atoms with van der Waals surface area (Å²) in [6.07, 6.45) is 3.17. The van der Waals surface area contributed by atoms with Crippen LogP contribution in [0.5, 0.6) is 0 Å². The molecule has 1 fully saturated rings. The highest BCUT2D eigenvalue weighted by molar-refractivity contribution is 7.89. The number of aromatic amines is 1. The molecule has 0 aromatic carbocycles.